The number of benzene rings is 8. The fraction of sp³-hybridized carbons (Fsp3) is 0. The molecule has 0 fully saturated rings. The molecule has 10 aromatic rings. The molecule has 0 aliphatic carbocycles. The van der Waals surface area contributed by atoms with Gasteiger partial charge in [0.2, 0.25) is 0 Å². The van der Waals surface area contributed by atoms with Crippen LogP contribution in [-0.4, -0.2) is 4.98 Å². The predicted molar refractivity (Wildman–Crippen MR) is 218 cm³/mol. The van der Waals surface area contributed by atoms with Crippen molar-refractivity contribution in [2.24, 2.45) is 0 Å². The molecule has 3 nitrogen and oxygen atoms in total. The summed E-state index contributed by atoms with van der Waals surface area (Å²) in [6, 6.07) is 68.9. The van der Waals surface area contributed by atoms with Gasteiger partial charge in [-0.1, -0.05) is 133 Å². The van der Waals surface area contributed by atoms with Gasteiger partial charge in [0.25, 0.3) is 0 Å². The first-order valence-electron chi connectivity index (χ1n) is 17.6. The Morgan fingerprint density at radius 3 is 1.79 bits per heavy atom. The van der Waals surface area contributed by atoms with Gasteiger partial charge in [-0.3, -0.25) is 0 Å². The lowest BCUT2D eigenvalue weighted by Crippen LogP contribution is -2.10. The van der Waals surface area contributed by atoms with E-state index in [1.165, 1.54) is 38.6 Å². The molecular formula is C49H32N2O. The maximum atomic E-state index is 6.26. The van der Waals surface area contributed by atoms with E-state index in [1.54, 1.807) is 0 Å². The molecule has 0 bridgehead atoms. The second kappa shape index (κ2) is 12.4. The van der Waals surface area contributed by atoms with E-state index in [-0.39, 0.29) is 0 Å². The standard InChI is InChI=1S/C49H32N2O/c1-2-11-33(12-3-1)34-23-25-35(26-24-34)37-15-8-17-40(29-37)51(41-18-9-16-38(30-41)44-21-10-14-36-13-4-5-19-43(36)44)42-27-28-46-39(31-42)32-48-49(50-46)45-20-6-7-22-47(45)52-48/h1-32H. The third-order valence-corrected chi connectivity index (χ3v) is 10.0. The van der Waals surface area contributed by atoms with Gasteiger partial charge in [0.15, 0.2) is 5.58 Å². The van der Waals surface area contributed by atoms with E-state index in [0.29, 0.717) is 0 Å². The number of anilines is 3. The zero-order chi connectivity index (χ0) is 34.4. The third-order valence-electron chi connectivity index (χ3n) is 10.0. The topological polar surface area (TPSA) is 29.3 Å². The van der Waals surface area contributed by atoms with Gasteiger partial charge in [0.1, 0.15) is 11.1 Å². The Balaban J connectivity index is 1.12. The number of aromatic nitrogens is 1. The summed E-state index contributed by atoms with van der Waals surface area (Å²) in [5.74, 6) is 0. The zero-order valence-electron chi connectivity index (χ0n) is 28.3. The lowest BCUT2D eigenvalue weighted by molar-refractivity contribution is 0.669. The van der Waals surface area contributed by atoms with Gasteiger partial charge in [0.05, 0.1) is 5.52 Å². The molecule has 3 heteroatoms. The molecule has 0 atom stereocenters. The molecule has 0 N–H and O–H groups in total. The van der Waals surface area contributed by atoms with E-state index in [1.807, 2.05) is 18.2 Å². The number of hydrogen-bond acceptors (Lipinski definition) is 3. The minimum Gasteiger partial charge on any atom is -0.454 e. The van der Waals surface area contributed by atoms with E-state index in [4.69, 9.17) is 9.40 Å². The lowest BCUT2D eigenvalue weighted by atomic mass is 9.97. The van der Waals surface area contributed by atoms with Gasteiger partial charge in [0, 0.05) is 27.8 Å². The average Bonchev–Trinajstić information content (AvgIpc) is 3.58. The SMILES string of the molecule is c1ccc(-c2ccc(-c3cccc(N(c4cccc(-c5cccc6ccccc56)c4)c4ccc5nc6c(cc5c4)oc4ccccc46)c3)cc2)cc1. The minimum atomic E-state index is 0.788. The van der Waals surface area contributed by atoms with Crippen molar-refractivity contribution in [2.45, 2.75) is 0 Å². The minimum absolute atomic E-state index is 0.788. The number of fused-ring (bicyclic) bond motifs is 5. The first-order chi connectivity index (χ1) is 25.7. The van der Waals surface area contributed by atoms with E-state index in [2.05, 4.69) is 181 Å². The third kappa shape index (κ3) is 5.28. The van der Waals surface area contributed by atoms with Crippen molar-refractivity contribution in [2.75, 3.05) is 4.90 Å². The summed E-state index contributed by atoms with van der Waals surface area (Å²) in [7, 11) is 0. The maximum absolute atomic E-state index is 6.26. The highest BCUT2D eigenvalue weighted by molar-refractivity contribution is 6.06. The van der Waals surface area contributed by atoms with Crippen LogP contribution in [-0.2, 0) is 0 Å². The highest BCUT2D eigenvalue weighted by Gasteiger charge is 2.17. The van der Waals surface area contributed by atoms with Crippen molar-refractivity contribution < 1.29 is 4.42 Å². The summed E-state index contributed by atoms with van der Waals surface area (Å²) in [5, 5.41) is 4.52. The van der Waals surface area contributed by atoms with Gasteiger partial charge in [-0.2, -0.15) is 0 Å². The van der Waals surface area contributed by atoms with Gasteiger partial charge in [-0.15, -0.1) is 0 Å². The smallest absolute Gasteiger partial charge is 0.154 e. The lowest BCUT2D eigenvalue weighted by Gasteiger charge is -2.27. The van der Waals surface area contributed by atoms with E-state index < -0.39 is 0 Å². The van der Waals surface area contributed by atoms with E-state index in [0.717, 1.165) is 55.6 Å². The molecule has 0 saturated carbocycles. The Hall–Kier alpha value is -6.97. The van der Waals surface area contributed by atoms with Crippen LogP contribution in [0.15, 0.2) is 199 Å². The van der Waals surface area contributed by atoms with Crippen LogP contribution in [0.25, 0.3) is 77.1 Å². The zero-order valence-corrected chi connectivity index (χ0v) is 28.3. The highest BCUT2D eigenvalue weighted by atomic mass is 16.3. The number of nitrogens with zero attached hydrogens (tertiary/aromatic N) is 2. The molecule has 0 unspecified atom stereocenters. The molecule has 0 saturated heterocycles. The van der Waals surface area contributed by atoms with Gasteiger partial charge >= 0.3 is 0 Å². The molecule has 2 aromatic heterocycles. The molecule has 0 aliphatic heterocycles. The number of para-hydroxylation sites is 1. The number of furan rings is 1. The van der Waals surface area contributed by atoms with Gasteiger partial charge < -0.3 is 9.32 Å². The average molecular weight is 665 g/mol. The van der Waals surface area contributed by atoms with Gasteiger partial charge in [-0.25, -0.2) is 4.98 Å². The summed E-state index contributed by atoms with van der Waals surface area (Å²) in [6.07, 6.45) is 0. The van der Waals surface area contributed by atoms with Crippen LogP contribution < -0.4 is 4.90 Å². The fourth-order valence-corrected chi connectivity index (χ4v) is 7.47. The van der Waals surface area contributed by atoms with Crippen LogP contribution in [0.2, 0.25) is 0 Å². The predicted octanol–water partition coefficient (Wildman–Crippen LogP) is 13.8. The van der Waals surface area contributed by atoms with Crippen molar-refractivity contribution in [3.63, 3.8) is 0 Å². The molecule has 2 heterocycles. The Labute approximate surface area is 301 Å². The number of rotatable bonds is 6. The molecule has 0 aliphatic rings. The van der Waals surface area contributed by atoms with Crippen LogP contribution in [0.3, 0.4) is 0 Å². The summed E-state index contributed by atoms with van der Waals surface area (Å²) < 4.78 is 6.26. The summed E-state index contributed by atoms with van der Waals surface area (Å²) in [5.41, 5.74) is 13.7. The second-order valence-electron chi connectivity index (χ2n) is 13.2. The first kappa shape index (κ1) is 29.9. The van der Waals surface area contributed by atoms with Crippen molar-refractivity contribution >= 4 is 60.8 Å². The van der Waals surface area contributed by atoms with Crippen molar-refractivity contribution in [1.82, 2.24) is 4.98 Å². The number of hydrogen-bond donors (Lipinski definition) is 0. The second-order valence-corrected chi connectivity index (χ2v) is 13.2. The van der Waals surface area contributed by atoms with Crippen LogP contribution in [0.5, 0.6) is 0 Å². The Morgan fingerprint density at radius 2 is 0.962 bits per heavy atom. The molecule has 0 radical (unpaired) electrons. The summed E-state index contributed by atoms with van der Waals surface area (Å²) >= 11 is 0. The molecule has 8 aromatic carbocycles. The first-order valence-corrected chi connectivity index (χ1v) is 17.6. The van der Waals surface area contributed by atoms with Crippen LogP contribution in [0, 0.1) is 0 Å². The normalized spacial score (nSPS) is 11.5. The van der Waals surface area contributed by atoms with Crippen LogP contribution in [0.4, 0.5) is 17.1 Å². The Kier molecular flexibility index (Phi) is 7.14. The van der Waals surface area contributed by atoms with E-state index >= 15 is 0 Å². The quantitative estimate of drug-likeness (QED) is 0.177. The molecule has 0 amide bonds. The number of pyridine rings is 1. The summed E-state index contributed by atoms with van der Waals surface area (Å²) in [4.78, 5) is 7.41. The molecular weight excluding hydrogens is 633 g/mol. The largest absolute Gasteiger partial charge is 0.454 e. The molecule has 10 rings (SSSR count). The van der Waals surface area contributed by atoms with Crippen molar-refractivity contribution in [1.29, 1.82) is 0 Å². The monoisotopic (exact) mass is 664 g/mol. The van der Waals surface area contributed by atoms with E-state index in [9.17, 15) is 0 Å². The Bertz CT molecular complexity index is 2900. The van der Waals surface area contributed by atoms with Crippen molar-refractivity contribution in [3.05, 3.63) is 194 Å². The van der Waals surface area contributed by atoms with Gasteiger partial charge in [-0.05, 0) is 105 Å². The fourth-order valence-electron chi connectivity index (χ4n) is 7.47. The van der Waals surface area contributed by atoms with Crippen LogP contribution in [0.1, 0.15) is 0 Å². The summed E-state index contributed by atoms with van der Waals surface area (Å²) in [6.45, 7) is 0. The van der Waals surface area contributed by atoms with Crippen LogP contribution >= 0.6 is 0 Å². The molecule has 52 heavy (non-hydrogen) atoms. The maximum Gasteiger partial charge on any atom is 0.154 e. The molecule has 0 spiro atoms. The Morgan fingerprint density at radius 1 is 0.365 bits per heavy atom. The highest BCUT2D eigenvalue weighted by Crippen LogP contribution is 2.41. The molecule has 244 valence electrons. The van der Waals surface area contributed by atoms with Crippen molar-refractivity contribution in [3.8, 4) is 33.4 Å².